The van der Waals surface area contributed by atoms with E-state index in [0.29, 0.717) is 6.04 Å². The van der Waals surface area contributed by atoms with Crippen LogP contribution in [0.1, 0.15) is 24.8 Å². The number of rotatable bonds is 4. The van der Waals surface area contributed by atoms with E-state index in [1.54, 1.807) is 6.07 Å². The number of hydrogen-bond acceptors (Lipinski definition) is 4. The molecule has 2 aliphatic rings. The minimum absolute atomic E-state index is 0.0203. The second kappa shape index (κ2) is 7.96. The normalized spacial score (nSPS) is 21.0. The smallest absolute Gasteiger partial charge is 0.251 e. The molecule has 2 fully saturated rings. The lowest BCUT2D eigenvalue weighted by atomic mass is 9.95. The number of hydrogen-bond donors (Lipinski definition) is 1. The Morgan fingerprint density at radius 2 is 1.85 bits per heavy atom. The molecule has 5 nitrogen and oxygen atoms in total. The highest BCUT2D eigenvalue weighted by atomic mass is 16.5. The van der Waals surface area contributed by atoms with Crippen molar-refractivity contribution in [2.24, 2.45) is 0 Å². The Bertz CT molecular complexity index is 768. The maximum absolute atomic E-state index is 12.3. The summed E-state index contributed by atoms with van der Waals surface area (Å²) in [5.41, 5.74) is 2.35. The zero-order valence-corrected chi connectivity index (χ0v) is 15.2. The van der Waals surface area contributed by atoms with Gasteiger partial charge in [0.1, 0.15) is 5.82 Å². The van der Waals surface area contributed by atoms with Crippen molar-refractivity contribution in [2.75, 3.05) is 42.6 Å². The zero-order valence-electron chi connectivity index (χ0n) is 15.2. The van der Waals surface area contributed by atoms with Gasteiger partial charge in [-0.25, -0.2) is 0 Å². The fourth-order valence-corrected chi connectivity index (χ4v) is 4.09. The van der Waals surface area contributed by atoms with E-state index in [-0.39, 0.29) is 5.56 Å². The lowest BCUT2D eigenvalue weighted by Crippen LogP contribution is -2.42. The van der Waals surface area contributed by atoms with Crippen molar-refractivity contribution in [1.29, 1.82) is 0 Å². The predicted octanol–water partition coefficient (Wildman–Crippen LogP) is 2.81. The van der Waals surface area contributed by atoms with E-state index < -0.39 is 0 Å². The van der Waals surface area contributed by atoms with Crippen molar-refractivity contribution >= 4 is 11.5 Å². The minimum Gasteiger partial charge on any atom is -0.378 e. The van der Waals surface area contributed by atoms with E-state index >= 15 is 0 Å². The SMILES string of the molecule is O=c1cc(N2CCOCC2)cc(N2CCCCC2Cc2ccccc2)[nH]1. The minimum atomic E-state index is -0.0203. The van der Waals surface area contributed by atoms with Gasteiger partial charge in [-0.15, -0.1) is 0 Å². The van der Waals surface area contributed by atoms with E-state index in [1.165, 1.54) is 24.8 Å². The van der Waals surface area contributed by atoms with Crippen LogP contribution in [-0.4, -0.2) is 43.9 Å². The summed E-state index contributed by atoms with van der Waals surface area (Å²) in [4.78, 5) is 20.1. The Hall–Kier alpha value is -2.27. The van der Waals surface area contributed by atoms with Gasteiger partial charge in [-0.1, -0.05) is 30.3 Å². The molecule has 4 rings (SSSR count). The Kier molecular flexibility index (Phi) is 5.25. The zero-order chi connectivity index (χ0) is 17.8. The lowest BCUT2D eigenvalue weighted by molar-refractivity contribution is 0.122. The number of anilines is 2. The first kappa shape index (κ1) is 17.2. The second-order valence-electron chi connectivity index (χ2n) is 7.22. The number of morpholine rings is 1. The Labute approximate surface area is 154 Å². The first-order chi connectivity index (χ1) is 12.8. The fraction of sp³-hybridized carbons (Fsp3) is 0.476. The van der Waals surface area contributed by atoms with Crippen LogP contribution in [0, 0.1) is 0 Å². The highest BCUT2D eigenvalue weighted by molar-refractivity contribution is 5.56. The largest absolute Gasteiger partial charge is 0.378 e. The fourth-order valence-electron chi connectivity index (χ4n) is 4.09. The van der Waals surface area contributed by atoms with Gasteiger partial charge in [0.05, 0.1) is 13.2 Å². The van der Waals surface area contributed by atoms with Crippen molar-refractivity contribution in [1.82, 2.24) is 4.98 Å². The molecule has 1 N–H and O–H groups in total. The molecule has 2 aliphatic heterocycles. The molecule has 0 aliphatic carbocycles. The molecule has 0 spiro atoms. The van der Waals surface area contributed by atoms with Crippen molar-refractivity contribution in [3.63, 3.8) is 0 Å². The van der Waals surface area contributed by atoms with Gasteiger partial charge >= 0.3 is 0 Å². The molecule has 26 heavy (non-hydrogen) atoms. The molecule has 1 aromatic heterocycles. The molecule has 1 unspecified atom stereocenters. The van der Waals surface area contributed by atoms with E-state index in [9.17, 15) is 4.79 Å². The first-order valence-corrected chi connectivity index (χ1v) is 9.67. The third kappa shape index (κ3) is 3.93. The summed E-state index contributed by atoms with van der Waals surface area (Å²) in [5, 5.41) is 0. The Balaban J connectivity index is 1.59. The summed E-state index contributed by atoms with van der Waals surface area (Å²) in [5.74, 6) is 0.958. The van der Waals surface area contributed by atoms with Crippen LogP contribution in [0.25, 0.3) is 0 Å². The number of aromatic nitrogens is 1. The van der Waals surface area contributed by atoms with Crippen LogP contribution in [0.4, 0.5) is 11.5 Å². The number of benzene rings is 1. The van der Waals surface area contributed by atoms with E-state index in [4.69, 9.17) is 4.74 Å². The third-order valence-electron chi connectivity index (χ3n) is 5.44. The molecule has 2 aromatic rings. The third-order valence-corrected chi connectivity index (χ3v) is 5.44. The molecule has 2 saturated heterocycles. The maximum Gasteiger partial charge on any atom is 0.251 e. The molecule has 1 aromatic carbocycles. The first-order valence-electron chi connectivity index (χ1n) is 9.67. The average Bonchev–Trinajstić information content (AvgIpc) is 2.69. The molecular formula is C21H27N3O2. The molecule has 5 heteroatoms. The molecule has 0 amide bonds. The molecule has 0 saturated carbocycles. The van der Waals surface area contributed by atoms with Gasteiger partial charge in [-0.3, -0.25) is 4.79 Å². The molecule has 0 radical (unpaired) electrons. The van der Waals surface area contributed by atoms with Gasteiger partial charge in [0.25, 0.3) is 5.56 Å². The average molecular weight is 353 g/mol. The van der Waals surface area contributed by atoms with Gasteiger partial charge in [-0.05, 0) is 31.2 Å². The molecule has 0 bridgehead atoms. The molecular weight excluding hydrogens is 326 g/mol. The van der Waals surface area contributed by atoms with E-state index in [2.05, 4.69) is 51.2 Å². The van der Waals surface area contributed by atoms with Crippen LogP contribution >= 0.6 is 0 Å². The molecule has 138 valence electrons. The van der Waals surface area contributed by atoms with Crippen LogP contribution in [0.5, 0.6) is 0 Å². The summed E-state index contributed by atoms with van der Waals surface area (Å²) < 4.78 is 5.44. The lowest BCUT2D eigenvalue weighted by Gasteiger charge is -2.38. The van der Waals surface area contributed by atoms with Crippen LogP contribution < -0.4 is 15.4 Å². The highest BCUT2D eigenvalue weighted by Gasteiger charge is 2.24. The van der Waals surface area contributed by atoms with Crippen molar-refractivity contribution < 1.29 is 4.74 Å². The predicted molar refractivity (Wildman–Crippen MR) is 105 cm³/mol. The molecule has 1 atom stereocenters. The van der Waals surface area contributed by atoms with Crippen molar-refractivity contribution in [2.45, 2.75) is 31.7 Å². The summed E-state index contributed by atoms with van der Waals surface area (Å²) in [6.45, 7) is 4.14. The van der Waals surface area contributed by atoms with E-state index in [0.717, 1.165) is 50.8 Å². The van der Waals surface area contributed by atoms with Crippen LogP contribution in [0.3, 0.4) is 0 Å². The van der Waals surface area contributed by atoms with Gasteiger partial charge in [-0.2, -0.15) is 0 Å². The standard InChI is InChI=1S/C21H27N3O2/c25-21-16-19(23-10-12-26-13-11-23)15-20(22-21)24-9-5-4-8-18(24)14-17-6-2-1-3-7-17/h1-3,6-7,15-16,18H,4-5,8-14H2,(H,22,25). The van der Waals surface area contributed by atoms with E-state index in [1.807, 2.05) is 0 Å². The summed E-state index contributed by atoms with van der Waals surface area (Å²) in [6.07, 6.45) is 4.61. The molecule has 3 heterocycles. The van der Waals surface area contributed by atoms with Crippen molar-refractivity contribution in [3.8, 4) is 0 Å². The van der Waals surface area contributed by atoms with Crippen LogP contribution in [0.2, 0.25) is 0 Å². The number of H-pyrrole nitrogens is 1. The maximum atomic E-state index is 12.3. The Morgan fingerprint density at radius 1 is 1.04 bits per heavy atom. The highest BCUT2D eigenvalue weighted by Crippen LogP contribution is 2.27. The monoisotopic (exact) mass is 353 g/mol. The Morgan fingerprint density at radius 3 is 2.65 bits per heavy atom. The summed E-state index contributed by atoms with van der Waals surface area (Å²) in [7, 11) is 0. The number of nitrogens with zero attached hydrogens (tertiary/aromatic N) is 2. The van der Waals surface area contributed by atoms with Gasteiger partial charge < -0.3 is 19.5 Å². The van der Waals surface area contributed by atoms with Crippen LogP contribution in [-0.2, 0) is 11.2 Å². The number of aromatic amines is 1. The summed E-state index contributed by atoms with van der Waals surface area (Å²) in [6, 6.07) is 14.9. The number of nitrogens with one attached hydrogen (secondary N) is 1. The van der Waals surface area contributed by atoms with Crippen LogP contribution in [0.15, 0.2) is 47.3 Å². The van der Waals surface area contributed by atoms with Gasteiger partial charge in [0.2, 0.25) is 0 Å². The number of pyridine rings is 1. The topological polar surface area (TPSA) is 48.6 Å². The quantitative estimate of drug-likeness (QED) is 0.918. The van der Waals surface area contributed by atoms with Gasteiger partial charge in [0.15, 0.2) is 0 Å². The second-order valence-corrected chi connectivity index (χ2v) is 7.22. The summed E-state index contributed by atoms with van der Waals surface area (Å²) >= 11 is 0. The van der Waals surface area contributed by atoms with Crippen molar-refractivity contribution in [3.05, 3.63) is 58.4 Å². The van der Waals surface area contributed by atoms with Gasteiger partial charge in [0, 0.05) is 43.5 Å². The number of ether oxygens (including phenoxy) is 1. The number of piperidine rings is 1.